The van der Waals surface area contributed by atoms with E-state index in [4.69, 9.17) is 5.73 Å². The molecule has 3 unspecified atom stereocenters. The molecule has 3 atom stereocenters. The van der Waals surface area contributed by atoms with Crippen LogP contribution in [0.2, 0.25) is 0 Å². The molecule has 5 heteroatoms. The van der Waals surface area contributed by atoms with Crippen LogP contribution >= 0.6 is 12.4 Å². The minimum absolute atomic E-state index is 0. The van der Waals surface area contributed by atoms with Gasteiger partial charge in [-0.25, -0.2) is 0 Å². The van der Waals surface area contributed by atoms with Crippen LogP contribution in [0.4, 0.5) is 0 Å². The first-order chi connectivity index (χ1) is 13.1. The molecule has 1 saturated carbocycles. The number of hydrogen-bond acceptors (Lipinski definition) is 3. The lowest BCUT2D eigenvalue weighted by molar-refractivity contribution is -0.130. The highest BCUT2D eigenvalue weighted by Gasteiger charge is 2.42. The summed E-state index contributed by atoms with van der Waals surface area (Å²) in [6.07, 6.45) is 2.76. The van der Waals surface area contributed by atoms with Gasteiger partial charge in [0.05, 0.1) is 0 Å². The number of rotatable bonds is 5. The highest BCUT2D eigenvalue weighted by atomic mass is 35.5. The Labute approximate surface area is 172 Å². The van der Waals surface area contributed by atoms with Crippen LogP contribution in [0, 0.1) is 11.8 Å². The first kappa shape index (κ1) is 20.6. The van der Waals surface area contributed by atoms with Crippen LogP contribution in [0.5, 0.6) is 0 Å². The van der Waals surface area contributed by atoms with Gasteiger partial charge in [0.1, 0.15) is 0 Å². The summed E-state index contributed by atoms with van der Waals surface area (Å²) < 4.78 is 0. The molecule has 1 saturated heterocycles. The molecule has 148 valence electrons. The van der Waals surface area contributed by atoms with Gasteiger partial charge >= 0.3 is 0 Å². The molecule has 2 aromatic rings. The van der Waals surface area contributed by atoms with E-state index in [1.54, 1.807) is 0 Å². The van der Waals surface area contributed by atoms with Gasteiger partial charge in [0, 0.05) is 37.5 Å². The Bertz CT molecular complexity index is 822. The van der Waals surface area contributed by atoms with E-state index in [1.807, 2.05) is 59.5 Å². The maximum Gasteiger partial charge on any atom is 0.223 e. The molecule has 0 spiro atoms. The molecule has 28 heavy (non-hydrogen) atoms. The number of amides is 1. The van der Waals surface area contributed by atoms with E-state index in [0.717, 1.165) is 37.1 Å². The quantitative estimate of drug-likeness (QED) is 0.776. The van der Waals surface area contributed by atoms with Crippen LogP contribution < -0.4 is 5.73 Å². The predicted octanol–water partition coefficient (Wildman–Crippen LogP) is 3.93. The number of fused-ring (bicyclic) bond motifs is 1. The van der Waals surface area contributed by atoms with E-state index < -0.39 is 0 Å². The first-order valence-electron chi connectivity index (χ1n) is 9.84. The topological polar surface area (TPSA) is 63.4 Å². The van der Waals surface area contributed by atoms with E-state index in [9.17, 15) is 9.59 Å². The van der Waals surface area contributed by atoms with E-state index in [1.165, 1.54) is 0 Å². The van der Waals surface area contributed by atoms with Crippen LogP contribution in [0.1, 0.15) is 36.0 Å². The normalized spacial score (nSPS) is 23.2. The molecule has 4 rings (SSSR count). The van der Waals surface area contributed by atoms with Crippen LogP contribution in [-0.2, 0) is 4.79 Å². The van der Waals surface area contributed by atoms with Gasteiger partial charge in [-0.2, -0.15) is 0 Å². The van der Waals surface area contributed by atoms with E-state index in [-0.39, 0.29) is 43.0 Å². The number of nitrogens with two attached hydrogens (primary N) is 1. The average Bonchev–Trinajstić information content (AvgIpc) is 3.29. The number of ketones is 1. The fourth-order valence-corrected chi connectivity index (χ4v) is 4.51. The van der Waals surface area contributed by atoms with Crippen molar-refractivity contribution in [2.75, 3.05) is 13.1 Å². The van der Waals surface area contributed by atoms with Gasteiger partial charge in [0.2, 0.25) is 5.91 Å². The largest absolute Gasteiger partial charge is 0.342 e. The van der Waals surface area contributed by atoms with Crippen molar-refractivity contribution < 1.29 is 9.59 Å². The second kappa shape index (κ2) is 8.89. The van der Waals surface area contributed by atoms with E-state index >= 15 is 0 Å². The van der Waals surface area contributed by atoms with Gasteiger partial charge in [-0.1, -0.05) is 54.6 Å². The SMILES string of the molecule is Cl.NC1CCC2CN(C(=O)CCC(=O)c3ccc(-c4ccccc4)cc3)CC12. The Hall–Kier alpha value is -2.17. The molecule has 0 bridgehead atoms. The van der Waals surface area contributed by atoms with E-state index in [2.05, 4.69) is 0 Å². The molecule has 2 fully saturated rings. The molecule has 2 aromatic carbocycles. The van der Waals surface area contributed by atoms with Gasteiger partial charge in [-0.05, 0) is 35.8 Å². The third-order valence-electron chi connectivity index (χ3n) is 6.14. The molecule has 0 aromatic heterocycles. The fraction of sp³-hybridized carbons (Fsp3) is 0.391. The fourth-order valence-electron chi connectivity index (χ4n) is 4.51. The molecule has 1 aliphatic carbocycles. The van der Waals surface area contributed by atoms with Crippen LogP contribution in [0.15, 0.2) is 54.6 Å². The molecule has 1 heterocycles. The summed E-state index contributed by atoms with van der Waals surface area (Å²) in [6.45, 7) is 1.59. The number of nitrogens with zero attached hydrogens (tertiary/aromatic N) is 1. The second-order valence-corrected chi connectivity index (χ2v) is 7.83. The summed E-state index contributed by atoms with van der Waals surface area (Å²) in [4.78, 5) is 26.9. The minimum Gasteiger partial charge on any atom is -0.342 e. The monoisotopic (exact) mass is 398 g/mol. The number of carbonyl (C=O) groups excluding carboxylic acids is 2. The molecule has 1 aliphatic heterocycles. The van der Waals surface area contributed by atoms with Crippen molar-refractivity contribution in [3.8, 4) is 11.1 Å². The zero-order chi connectivity index (χ0) is 18.8. The van der Waals surface area contributed by atoms with Gasteiger partial charge in [-0.3, -0.25) is 9.59 Å². The second-order valence-electron chi connectivity index (χ2n) is 7.83. The van der Waals surface area contributed by atoms with Crippen molar-refractivity contribution in [1.29, 1.82) is 0 Å². The highest BCUT2D eigenvalue weighted by molar-refractivity contribution is 5.98. The summed E-state index contributed by atoms with van der Waals surface area (Å²) in [5.41, 5.74) is 9.03. The highest BCUT2D eigenvalue weighted by Crippen LogP contribution is 2.37. The van der Waals surface area contributed by atoms with Crippen molar-refractivity contribution in [2.45, 2.75) is 31.7 Å². The summed E-state index contributed by atoms with van der Waals surface area (Å²) in [7, 11) is 0. The Kier molecular flexibility index (Phi) is 6.53. The number of benzene rings is 2. The third kappa shape index (κ3) is 4.29. The van der Waals surface area contributed by atoms with Crippen molar-refractivity contribution in [2.24, 2.45) is 17.6 Å². The van der Waals surface area contributed by atoms with Gasteiger partial charge < -0.3 is 10.6 Å². The van der Waals surface area contributed by atoms with Gasteiger partial charge in [0.25, 0.3) is 0 Å². The van der Waals surface area contributed by atoms with Crippen molar-refractivity contribution >= 4 is 24.1 Å². The lowest BCUT2D eigenvalue weighted by atomic mass is 9.98. The smallest absolute Gasteiger partial charge is 0.223 e. The summed E-state index contributed by atoms with van der Waals surface area (Å²) in [5, 5.41) is 0. The number of hydrogen-bond donors (Lipinski definition) is 1. The zero-order valence-electron chi connectivity index (χ0n) is 15.9. The maximum absolute atomic E-state index is 12.5. The lowest BCUT2D eigenvalue weighted by Crippen LogP contribution is -2.33. The molecular formula is C23H27ClN2O2. The summed E-state index contributed by atoms with van der Waals surface area (Å²) in [5.74, 6) is 1.13. The first-order valence-corrected chi connectivity index (χ1v) is 9.84. The van der Waals surface area contributed by atoms with Crippen molar-refractivity contribution in [3.05, 3.63) is 60.2 Å². The molecule has 0 radical (unpaired) electrons. The Morgan fingerprint density at radius 2 is 1.57 bits per heavy atom. The maximum atomic E-state index is 12.5. The Balaban J connectivity index is 0.00000225. The van der Waals surface area contributed by atoms with Gasteiger partial charge in [-0.15, -0.1) is 12.4 Å². The van der Waals surface area contributed by atoms with Crippen LogP contribution in [0.25, 0.3) is 11.1 Å². The number of carbonyl (C=O) groups is 2. The van der Waals surface area contributed by atoms with E-state index in [0.29, 0.717) is 17.4 Å². The molecule has 1 amide bonds. The summed E-state index contributed by atoms with van der Waals surface area (Å²) in [6, 6.07) is 18.0. The average molecular weight is 399 g/mol. The predicted molar refractivity (Wildman–Crippen MR) is 113 cm³/mol. The molecule has 2 aliphatic rings. The lowest BCUT2D eigenvalue weighted by Gasteiger charge is -2.18. The van der Waals surface area contributed by atoms with Gasteiger partial charge in [0.15, 0.2) is 5.78 Å². The number of Topliss-reactive ketones (excluding diaryl/α,β-unsaturated/α-hetero) is 1. The third-order valence-corrected chi connectivity index (χ3v) is 6.14. The number of likely N-dealkylation sites (tertiary alicyclic amines) is 1. The molecule has 4 nitrogen and oxygen atoms in total. The van der Waals surface area contributed by atoms with Crippen LogP contribution in [0.3, 0.4) is 0 Å². The molecule has 2 N–H and O–H groups in total. The number of halogens is 1. The molecular weight excluding hydrogens is 372 g/mol. The van der Waals surface area contributed by atoms with Crippen LogP contribution in [-0.4, -0.2) is 35.7 Å². The summed E-state index contributed by atoms with van der Waals surface area (Å²) >= 11 is 0. The Morgan fingerprint density at radius 1 is 0.893 bits per heavy atom. The zero-order valence-corrected chi connectivity index (χ0v) is 16.7. The standard InChI is InChI=1S/C23H26N2O2.ClH/c24-21-11-10-19-14-25(15-20(19)21)23(27)13-12-22(26)18-8-6-17(7-9-18)16-4-2-1-3-5-16;/h1-9,19-21H,10-15,24H2;1H. The van der Waals surface area contributed by atoms with Crippen molar-refractivity contribution in [3.63, 3.8) is 0 Å². The minimum atomic E-state index is 0. The van der Waals surface area contributed by atoms with Crippen molar-refractivity contribution in [1.82, 2.24) is 4.90 Å². The Morgan fingerprint density at radius 3 is 2.25 bits per heavy atom.